The summed E-state index contributed by atoms with van der Waals surface area (Å²) >= 11 is 7.82. The number of hydrogen-bond acceptors (Lipinski definition) is 5. The molecule has 0 saturated carbocycles. The van der Waals surface area contributed by atoms with Gasteiger partial charge in [-0.3, -0.25) is 4.79 Å². The van der Waals surface area contributed by atoms with Gasteiger partial charge in [-0.05, 0) is 30.0 Å². The van der Waals surface area contributed by atoms with E-state index in [1.165, 1.54) is 17.4 Å². The van der Waals surface area contributed by atoms with Gasteiger partial charge in [0, 0.05) is 60.4 Å². The van der Waals surface area contributed by atoms with E-state index in [1.807, 2.05) is 22.4 Å². The van der Waals surface area contributed by atoms with Crippen molar-refractivity contribution >= 4 is 34.7 Å². The van der Waals surface area contributed by atoms with Gasteiger partial charge in [0.2, 0.25) is 0 Å². The summed E-state index contributed by atoms with van der Waals surface area (Å²) in [5.74, 6) is 1.52. The number of halogens is 2. The Kier molecular flexibility index (Phi) is 7.29. The third-order valence-corrected chi connectivity index (χ3v) is 7.17. The summed E-state index contributed by atoms with van der Waals surface area (Å²) < 4.78 is 14.6. The van der Waals surface area contributed by atoms with Crippen molar-refractivity contribution < 1.29 is 9.18 Å². The fraction of sp³-hybridized carbons (Fsp3) is 0.400. The van der Waals surface area contributed by atoms with Gasteiger partial charge in [0.05, 0.1) is 4.88 Å². The first kappa shape index (κ1) is 23.6. The summed E-state index contributed by atoms with van der Waals surface area (Å²) in [6.07, 6.45) is 1.05. The number of rotatable bonds is 6. The second kappa shape index (κ2) is 10.2. The highest BCUT2D eigenvalue weighted by Gasteiger charge is 2.27. The number of amides is 1. The molecule has 1 aromatic carbocycles. The van der Waals surface area contributed by atoms with E-state index in [0.29, 0.717) is 49.6 Å². The summed E-state index contributed by atoms with van der Waals surface area (Å²) in [5, 5.41) is 2.33. The van der Waals surface area contributed by atoms with Gasteiger partial charge in [-0.25, -0.2) is 14.4 Å². The zero-order valence-electron chi connectivity index (χ0n) is 19.1. The van der Waals surface area contributed by atoms with Crippen molar-refractivity contribution in [3.63, 3.8) is 0 Å². The van der Waals surface area contributed by atoms with Crippen LogP contribution in [0.5, 0.6) is 0 Å². The molecular formula is C25H28ClFN4OS. The molecule has 174 valence electrons. The van der Waals surface area contributed by atoms with Crippen LogP contribution in [0.3, 0.4) is 0 Å². The van der Waals surface area contributed by atoms with Gasteiger partial charge < -0.3 is 9.80 Å². The first-order valence-electron chi connectivity index (χ1n) is 11.3. The minimum Gasteiger partial charge on any atom is -0.353 e. The van der Waals surface area contributed by atoms with Gasteiger partial charge in [0.1, 0.15) is 17.5 Å². The Labute approximate surface area is 203 Å². The highest BCUT2D eigenvalue weighted by Crippen LogP contribution is 2.31. The predicted molar refractivity (Wildman–Crippen MR) is 132 cm³/mol. The van der Waals surface area contributed by atoms with E-state index >= 15 is 0 Å². The molecule has 0 unspecified atom stereocenters. The molecule has 0 bridgehead atoms. The van der Waals surface area contributed by atoms with Crippen molar-refractivity contribution in [2.24, 2.45) is 0 Å². The number of hydrogen-bond donors (Lipinski definition) is 0. The predicted octanol–water partition coefficient (Wildman–Crippen LogP) is 5.57. The first-order chi connectivity index (χ1) is 15.9. The molecule has 3 aromatic rings. The number of anilines is 1. The highest BCUT2D eigenvalue weighted by atomic mass is 35.5. The molecule has 0 atom stereocenters. The second-order valence-electron chi connectivity index (χ2n) is 8.47. The van der Waals surface area contributed by atoms with E-state index in [1.54, 1.807) is 12.1 Å². The lowest BCUT2D eigenvalue weighted by atomic mass is 10.0. The highest BCUT2D eigenvalue weighted by molar-refractivity contribution is 7.12. The first-order valence-corrected chi connectivity index (χ1v) is 12.5. The maximum Gasteiger partial charge on any atom is 0.264 e. The van der Waals surface area contributed by atoms with Crippen LogP contribution in [0.1, 0.15) is 59.0 Å². The Morgan fingerprint density at radius 1 is 1.12 bits per heavy atom. The average molecular weight is 487 g/mol. The smallest absolute Gasteiger partial charge is 0.264 e. The number of nitrogens with zero attached hydrogens (tertiary/aromatic N) is 4. The largest absolute Gasteiger partial charge is 0.353 e. The summed E-state index contributed by atoms with van der Waals surface area (Å²) in [6, 6.07) is 8.52. The van der Waals surface area contributed by atoms with Crippen LogP contribution in [0.2, 0.25) is 5.02 Å². The molecule has 0 radical (unpaired) electrons. The van der Waals surface area contributed by atoms with E-state index < -0.39 is 0 Å². The van der Waals surface area contributed by atoms with Crippen LogP contribution in [0.25, 0.3) is 0 Å². The van der Waals surface area contributed by atoms with Crippen molar-refractivity contribution in [2.45, 2.75) is 39.5 Å². The van der Waals surface area contributed by atoms with Crippen LogP contribution in [-0.2, 0) is 12.8 Å². The van der Waals surface area contributed by atoms with Crippen LogP contribution < -0.4 is 4.90 Å². The molecule has 1 fully saturated rings. The van der Waals surface area contributed by atoms with E-state index in [2.05, 4.69) is 25.7 Å². The zero-order chi connectivity index (χ0) is 23.5. The lowest BCUT2D eigenvalue weighted by molar-refractivity contribution is 0.0751. The minimum absolute atomic E-state index is 0.0721. The molecule has 8 heteroatoms. The fourth-order valence-corrected chi connectivity index (χ4v) is 5.01. The second-order valence-corrected chi connectivity index (χ2v) is 9.83. The van der Waals surface area contributed by atoms with Crippen molar-refractivity contribution in [3.05, 3.63) is 74.1 Å². The molecule has 3 heterocycles. The van der Waals surface area contributed by atoms with Gasteiger partial charge in [0.15, 0.2) is 0 Å². The number of aromatic nitrogens is 2. The summed E-state index contributed by atoms with van der Waals surface area (Å²) in [6.45, 7) is 8.74. The van der Waals surface area contributed by atoms with Crippen molar-refractivity contribution in [1.29, 1.82) is 0 Å². The lowest BCUT2D eigenvalue weighted by Crippen LogP contribution is -2.49. The molecule has 1 saturated heterocycles. The van der Waals surface area contributed by atoms with Crippen molar-refractivity contribution in [1.82, 2.24) is 14.9 Å². The molecule has 0 N–H and O–H groups in total. The topological polar surface area (TPSA) is 49.3 Å². The van der Waals surface area contributed by atoms with Gasteiger partial charge in [0.25, 0.3) is 5.91 Å². The molecule has 1 aliphatic heterocycles. The Morgan fingerprint density at radius 2 is 1.88 bits per heavy atom. The lowest BCUT2D eigenvalue weighted by Gasteiger charge is -2.36. The molecule has 5 nitrogen and oxygen atoms in total. The molecule has 1 aliphatic rings. The van der Waals surface area contributed by atoms with Crippen LogP contribution in [0.4, 0.5) is 10.2 Å². The molecular weight excluding hydrogens is 459 g/mol. The van der Waals surface area contributed by atoms with Crippen LogP contribution in [0.15, 0.2) is 35.7 Å². The van der Waals surface area contributed by atoms with E-state index in [4.69, 9.17) is 21.6 Å². The average Bonchev–Trinajstić information content (AvgIpc) is 3.36. The maximum absolute atomic E-state index is 14.6. The molecule has 0 spiro atoms. The summed E-state index contributed by atoms with van der Waals surface area (Å²) in [5.41, 5.74) is 2.29. The summed E-state index contributed by atoms with van der Waals surface area (Å²) in [4.78, 5) is 27.4. The van der Waals surface area contributed by atoms with Crippen LogP contribution in [0, 0.1) is 5.82 Å². The molecule has 0 aliphatic carbocycles. The molecule has 4 rings (SSSR count). The van der Waals surface area contributed by atoms with Gasteiger partial charge >= 0.3 is 0 Å². The van der Waals surface area contributed by atoms with Crippen molar-refractivity contribution in [3.8, 4) is 0 Å². The number of aryl methyl sites for hydroxylation is 1. The van der Waals surface area contributed by atoms with Crippen LogP contribution in [-0.4, -0.2) is 47.0 Å². The van der Waals surface area contributed by atoms with E-state index in [-0.39, 0.29) is 17.6 Å². The summed E-state index contributed by atoms with van der Waals surface area (Å²) in [7, 11) is 0. The quantitative estimate of drug-likeness (QED) is 0.457. The Balaban J connectivity index is 1.66. The fourth-order valence-electron chi connectivity index (χ4n) is 4.08. The Hall–Kier alpha value is -2.51. The monoisotopic (exact) mass is 486 g/mol. The molecule has 2 aromatic heterocycles. The number of carbonyl (C=O) groups excluding carboxylic acids is 1. The van der Waals surface area contributed by atoms with E-state index in [9.17, 15) is 9.18 Å². The number of benzene rings is 1. The zero-order valence-corrected chi connectivity index (χ0v) is 20.7. The van der Waals surface area contributed by atoms with Crippen LogP contribution >= 0.6 is 22.9 Å². The Bertz CT molecular complexity index is 1110. The van der Waals surface area contributed by atoms with Gasteiger partial charge in [-0.15, -0.1) is 11.3 Å². The van der Waals surface area contributed by atoms with Gasteiger partial charge in [-0.1, -0.05) is 44.5 Å². The number of piperazine rings is 1. The normalized spacial score (nSPS) is 14.2. The minimum atomic E-state index is -0.324. The number of thiophene rings is 1. The maximum atomic E-state index is 14.6. The SMILES string of the molecule is CCc1nc(C(C)C)nc(N2CCN(C(=O)c3cccs3)CC2)c1Cc1c(F)cccc1Cl. The standard InChI is InChI=1S/C25H28ClFN4OS/c1-4-21-18(15-17-19(26)7-5-8-20(17)27)24(29-23(28-21)16(2)3)30-10-12-31(13-11-30)25(32)22-9-6-14-33-22/h5-9,14,16H,4,10-13,15H2,1-3H3. The third kappa shape index (κ3) is 5.04. The number of carbonyl (C=O) groups is 1. The van der Waals surface area contributed by atoms with E-state index in [0.717, 1.165) is 27.8 Å². The van der Waals surface area contributed by atoms with Crippen molar-refractivity contribution in [2.75, 3.05) is 31.1 Å². The molecule has 33 heavy (non-hydrogen) atoms. The van der Waals surface area contributed by atoms with Gasteiger partial charge in [-0.2, -0.15) is 0 Å². The third-order valence-electron chi connectivity index (χ3n) is 5.95. The Morgan fingerprint density at radius 3 is 2.48 bits per heavy atom. The molecule has 1 amide bonds.